The molecular weight excluding hydrogens is 258 g/mol. The third kappa shape index (κ3) is 2.90. The van der Waals surface area contributed by atoms with Crippen LogP contribution < -0.4 is 0 Å². The van der Waals surface area contributed by atoms with Crippen LogP contribution in [0.3, 0.4) is 0 Å². The predicted octanol–water partition coefficient (Wildman–Crippen LogP) is 0.948. The zero-order valence-corrected chi connectivity index (χ0v) is 11.4. The zero-order valence-electron chi connectivity index (χ0n) is 11.4. The Bertz CT molecular complexity index is 581. The molecule has 2 heterocycles. The summed E-state index contributed by atoms with van der Waals surface area (Å²) in [4.78, 5) is 41.5. The van der Waals surface area contributed by atoms with Crippen LogP contribution in [0.5, 0.6) is 0 Å². The molecule has 1 fully saturated rings. The molecule has 0 N–H and O–H groups in total. The van der Waals surface area contributed by atoms with Gasteiger partial charge in [0.25, 0.3) is 5.91 Å². The second-order valence-corrected chi connectivity index (χ2v) is 4.62. The van der Waals surface area contributed by atoms with Crippen molar-refractivity contribution in [1.82, 2.24) is 14.8 Å². The van der Waals surface area contributed by atoms with Crippen LogP contribution in [0, 0.1) is 0 Å². The summed E-state index contributed by atoms with van der Waals surface area (Å²) in [6, 6.07) is 3.13. The lowest BCUT2D eigenvalue weighted by molar-refractivity contribution is -0.125. The maximum atomic E-state index is 11.8. The first-order valence-corrected chi connectivity index (χ1v) is 6.16. The van der Waals surface area contributed by atoms with Crippen molar-refractivity contribution in [3.05, 3.63) is 35.7 Å². The molecule has 0 aliphatic carbocycles. The van der Waals surface area contributed by atoms with Gasteiger partial charge in [-0.2, -0.15) is 0 Å². The number of pyridine rings is 1. The van der Waals surface area contributed by atoms with E-state index in [0.29, 0.717) is 5.57 Å². The van der Waals surface area contributed by atoms with Gasteiger partial charge in [0.2, 0.25) is 0 Å². The molecule has 2 rings (SSSR count). The maximum absolute atomic E-state index is 11.8. The molecule has 6 nitrogen and oxygen atoms in total. The van der Waals surface area contributed by atoms with Crippen LogP contribution in [0.25, 0.3) is 6.08 Å². The average molecular weight is 273 g/mol. The highest BCUT2D eigenvalue weighted by Gasteiger charge is 2.34. The minimum Gasteiger partial charge on any atom is -0.318 e. The minimum atomic E-state index is -0.378. The molecular formula is C14H15N3O3. The molecule has 0 saturated carbocycles. The van der Waals surface area contributed by atoms with E-state index in [9.17, 15) is 14.4 Å². The van der Waals surface area contributed by atoms with Gasteiger partial charge in [-0.1, -0.05) is 0 Å². The Morgan fingerprint density at radius 3 is 2.50 bits per heavy atom. The number of carbonyl (C=O) groups excluding carboxylic acids is 3. The molecule has 0 aromatic carbocycles. The number of urea groups is 1. The molecule has 1 aliphatic heterocycles. The second kappa shape index (κ2) is 5.64. The Kier molecular flexibility index (Phi) is 3.93. The van der Waals surface area contributed by atoms with E-state index in [0.717, 1.165) is 10.5 Å². The van der Waals surface area contributed by atoms with Crippen molar-refractivity contribution in [2.45, 2.75) is 6.92 Å². The fourth-order valence-electron chi connectivity index (χ4n) is 1.91. The number of rotatable bonds is 4. The Balaban J connectivity index is 2.23. The lowest BCUT2D eigenvalue weighted by Crippen LogP contribution is -2.34. The van der Waals surface area contributed by atoms with Crippen LogP contribution in [-0.2, 0) is 9.59 Å². The van der Waals surface area contributed by atoms with E-state index >= 15 is 0 Å². The SMILES string of the molecule is CC(=O)/C(=C/c1ccncc1)CN1C(=O)CN(C)C1=O. The summed E-state index contributed by atoms with van der Waals surface area (Å²) in [7, 11) is 1.56. The van der Waals surface area contributed by atoms with Crippen molar-refractivity contribution >= 4 is 23.8 Å². The molecule has 0 unspecified atom stereocenters. The molecule has 0 atom stereocenters. The third-order valence-electron chi connectivity index (χ3n) is 3.06. The summed E-state index contributed by atoms with van der Waals surface area (Å²) in [6.45, 7) is 1.47. The number of carbonyl (C=O) groups is 3. The molecule has 3 amide bonds. The van der Waals surface area contributed by atoms with E-state index in [2.05, 4.69) is 4.98 Å². The number of nitrogens with zero attached hydrogens (tertiary/aromatic N) is 3. The van der Waals surface area contributed by atoms with Crippen molar-refractivity contribution in [3.63, 3.8) is 0 Å². The van der Waals surface area contributed by atoms with Crippen molar-refractivity contribution in [3.8, 4) is 0 Å². The molecule has 1 aromatic heterocycles. The van der Waals surface area contributed by atoms with E-state index in [-0.39, 0.29) is 30.8 Å². The van der Waals surface area contributed by atoms with Gasteiger partial charge in [-0.15, -0.1) is 0 Å². The first-order chi connectivity index (χ1) is 9.49. The summed E-state index contributed by atoms with van der Waals surface area (Å²) < 4.78 is 0. The Hall–Kier alpha value is -2.50. The first-order valence-electron chi connectivity index (χ1n) is 6.16. The summed E-state index contributed by atoms with van der Waals surface area (Å²) >= 11 is 0. The summed E-state index contributed by atoms with van der Waals surface area (Å²) in [5, 5.41) is 0. The van der Waals surface area contributed by atoms with Crippen molar-refractivity contribution < 1.29 is 14.4 Å². The van der Waals surface area contributed by atoms with Gasteiger partial charge < -0.3 is 4.90 Å². The lowest BCUT2D eigenvalue weighted by atomic mass is 10.1. The molecule has 1 aromatic rings. The second-order valence-electron chi connectivity index (χ2n) is 4.62. The summed E-state index contributed by atoms with van der Waals surface area (Å²) in [6.07, 6.45) is 4.90. The number of aromatic nitrogens is 1. The largest absolute Gasteiger partial charge is 0.327 e. The number of ketones is 1. The standard InChI is InChI=1S/C14H15N3O3/c1-10(18)12(7-11-3-5-15-6-4-11)8-17-13(19)9-16(2)14(17)20/h3-7H,8-9H2,1-2H3/b12-7+. The summed E-state index contributed by atoms with van der Waals surface area (Å²) in [5.41, 5.74) is 1.21. The zero-order chi connectivity index (χ0) is 14.7. The Morgan fingerprint density at radius 1 is 1.35 bits per heavy atom. The van der Waals surface area contributed by atoms with Crippen LogP contribution in [0.1, 0.15) is 12.5 Å². The highest BCUT2D eigenvalue weighted by Crippen LogP contribution is 2.14. The van der Waals surface area contributed by atoms with Crippen molar-refractivity contribution in [1.29, 1.82) is 0 Å². The van der Waals surface area contributed by atoms with E-state index in [1.165, 1.54) is 11.8 Å². The van der Waals surface area contributed by atoms with E-state index < -0.39 is 0 Å². The molecule has 0 spiro atoms. The molecule has 20 heavy (non-hydrogen) atoms. The van der Waals surface area contributed by atoms with E-state index in [1.807, 2.05) is 0 Å². The van der Waals surface area contributed by atoms with Gasteiger partial charge in [0, 0.05) is 25.0 Å². The molecule has 1 aliphatic rings. The van der Waals surface area contributed by atoms with Crippen molar-refractivity contribution in [2.75, 3.05) is 20.1 Å². The monoisotopic (exact) mass is 273 g/mol. The van der Waals surface area contributed by atoms with Gasteiger partial charge in [-0.05, 0) is 30.7 Å². The van der Waals surface area contributed by atoms with Crippen LogP contribution >= 0.6 is 0 Å². The van der Waals surface area contributed by atoms with Crippen LogP contribution in [-0.4, -0.2) is 52.6 Å². The predicted molar refractivity (Wildman–Crippen MR) is 72.6 cm³/mol. The highest BCUT2D eigenvalue weighted by atomic mass is 16.2. The Morgan fingerprint density at radius 2 is 2.00 bits per heavy atom. The van der Waals surface area contributed by atoms with Gasteiger partial charge in [-0.3, -0.25) is 19.5 Å². The van der Waals surface area contributed by atoms with Crippen molar-refractivity contribution in [2.24, 2.45) is 0 Å². The molecule has 1 saturated heterocycles. The number of amides is 3. The average Bonchev–Trinajstić information content (AvgIpc) is 2.65. The number of hydrogen-bond acceptors (Lipinski definition) is 4. The fraction of sp³-hybridized carbons (Fsp3) is 0.286. The normalized spacial score (nSPS) is 16.0. The fourth-order valence-corrected chi connectivity index (χ4v) is 1.91. The number of likely N-dealkylation sites (N-methyl/N-ethyl adjacent to an activating group) is 1. The van der Waals surface area contributed by atoms with Crippen LogP contribution in [0.2, 0.25) is 0 Å². The molecule has 6 heteroatoms. The quantitative estimate of drug-likeness (QED) is 0.605. The molecule has 0 bridgehead atoms. The number of imide groups is 1. The Labute approximate surface area is 116 Å². The summed E-state index contributed by atoms with van der Waals surface area (Å²) in [5.74, 6) is -0.462. The van der Waals surface area contributed by atoms with Crippen LogP contribution in [0.15, 0.2) is 30.1 Å². The lowest BCUT2D eigenvalue weighted by Gasteiger charge is -2.15. The van der Waals surface area contributed by atoms with Gasteiger partial charge in [-0.25, -0.2) is 4.79 Å². The van der Waals surface area contributed by atoms with E-state index in [1.54, 1.807) is 37.7 Å². The minimum absolute atomic E-state index is 0.000334. The van der Waals surface area contributed by atoms with Crippen LogP contribution in [0.4, 0.5) is 4.79 Å². The van der Waals surface area contributed by atoms with Gasteiger partial charge >= 0.3 is 6.03 Å². The number of Topliss-reactive ketones (excluding diaryl/α,β-unsaturated/α-hetero) is 1. The molecule has 0 radical (unpaired) electrons. The topological polar surface area (TPSA) is 70.6 Å². The highest BCUT2D eigenvalue weighted by molar-refractivity contribution is 6.05. The maximum Gasteiger partial charge on any atom is 0.327 e. The van der Waals surface area contributed by atoms with Gasteiger partial charge in [0.1, 0.15) is 6.54 Å². The van der Waals surface area contributed by atoms with Gasteiger partial charge in [0.05, 0.1) is 6.54 Å². The smallest absolute Gasteiger partial charge is 0.318 e. The number of hydrogen-bond donors (Lipinski definition) is 0. The van der Waals surface area contributed by atoms with Gasteiger partial charge in [0.15, 0.2) is 5.78 Å². The third-order valence-corrected chi connectivity index (χ3v) is 3.06. The molecule has 104 valence electrons. The van der Waals surface area contributed by atoms with E-state index in [4.69, 9.17) is 0 Å². The first kappa shape index (κ1) is 13.9.